The van der Waals surface area contributed by atoms with E-state index in [0.29, 0.717) is 17.0 Å². The molecule has 5 nitrogen and oxygen atoms in total. The van der Waals surface area contributed by atoms with Gasteiger partial charge in [0.05, 0.1) is 17.1 Å². The van der Waals surface area contributed by atoms with Gasteiger partial charge in [-0.25, -0.2) is 8.78 Å². The van der Waals surface area contributed by atoms with Gasteiger partial charge in [-0.15, -0.1) is 0 Å². The van der Waals surface area contributed by atoms with E-state index in [-0.39, 0.29) is 24.2 Å². The zero-order valence-corrected chi connectivity index (χ0v) is 20.7. The number of anilines is 1. The van der Waals surface area contributed by atoms with Gasteiger partial charge in [-0.3, -0.25) is 14.6 Å². The van der Waals surface area contributed by atoms with E-state index in [1.165, 1.54) is 30.1 Å². The van der Waals surface area contributed by atoms with Crippen molar-refractivity contribution in [2.45, 2.75) is 52.4 Å². The van der Waals surface area contributed by atoms with Gasteiger partial charge in [0.2, 0.25) is 0 Å². The minimum Gasteiger partial charge on any atom is -0.298 e. The Morgan fingerprint density at radius 3 is 2.58 bits per heavy atom. The van der Waals surface area contributed by atoms with Gasteiger partial charge in [0.25, 0.3) is 11.8 Å². The number of benzene rings is 2. The minimum absolute atomic E-state index is 0.126. The summed E-state index contributed by atoms with van der Waals surface area (Å²) in [6, 6.07) is 17.2. The number of rotatable bonds is 9. The van der Waals surface area contributed by atoms with Crippen molar-refractivity contribution in [2.24, 2.45) is 11.0 Å². The lowest BCUT2D eigenvalue weighted by atomic mass is 9.92. The lowest BCUT2D eigenvalue weighted by Gasteiger charge is -2.17. The first-order valence-corrected chi connectivity index (χ1v) is 12.2. The Labute approximate surface area is 209 Å². The molecule has 36 heavy (non-hydrogen) atoms. The number of Topliss-reactive ketones (excluding diaryl/α,β-unsaturated/α-hetero) is 1. The maximum atomic E-state index is 14.1. The Morgan fingerprint density at radius 1 is 1.06 bits per heavy atom. The van der Waals surface area contributed by atoms with Crippen molar-refractivity contribution in [3.8, 4) is 11.3 Å². The van der Waals surface area contributed by atoms with E-state index in [2.05, 4.69) is 17.0 Å². The second-order valence-electron chi connectivity index (χ2n) is 9.04. The van der Waals surface area contributed by atoms with Crippen LogP contribution in [0.1, 0.15) is 50.3 Å². The number of aryl methyl sites for hydroxylation is 1. The van der Waals surface area contributed by atoms with Crippen LogP contribution in [0.4, 0.5) is 14.5 Å². The standard InChI is InChI=1S/C29H29F2N3O2/c1-4-9-21-12-8-15-32-27(21)22-11-7-14-24(18-22)34-28(36)26(19(3)33-34)25(35)17-20-10-6-13-23(16-20)29(30,31)5-2/h6-8,10-16,18,26H,4-5,9,17H2,1-3H3. The molecule has 7 heteroatoms. The monoisotopic (exact) mass is 489 g/mol. The van der Waals surface area contributed by atoms with Crippen molar-refractivity contribution in [3.05, 3.63) is 83.6 Å². The normalized spacial score (nSPS) is 15.8. The molecule has 0 spiro atoms. The van der Waals surface area contributed by atoms with Gasteiger partial charge in [0.15, 0.2) is 5.78 Å². The quantitative estimate of drug-likeness (QED) is 0.329. The number of pyridine rings is 1. The molecule has 1 amide bonds. The van der Waals surface area contributed by atoms with Gasteiger partial charge >= 0.3 is 0 Å². The van der Waals surface area contributed by atoms with E-state index >= 15 is 0 Å². The molecule has 0 saturated carbocycles. The molecule has 1 unspecified atom stereocenters. The Balaban J connectivity index is 1.56. The minimum atomic E-state index is -2.97. The highest BCUT2D eigenvalue weighted by Crippen LogP contribution is 2.33. The molecule has 186 valence electrons. The van der Waals surface area contributed by atoms with Crippen molar-refractivity contribution in [1.82, 2.24) is 4.98 Å². The zero-order chi connectivity index (χ0) is 25.9. The lowest BCUT2D eigenvalue weighted by Crippen LogP contribution is -2.33. The third kappa shape index (κ3) is 5.10. The third-order valence-electron chi connectivity index (χ3n) is 6.40. The number of carbonyl (C=O) groups excluding carboxylic acids is 2. The number of hydrogen-bond acceptors (Lipinski definition) is 4. The predicted octanol–water partition coefficient (Wildman–Crippen LogP) is 6.35. The average Bonchev–Trinajstić information content (AvgIpc) is 3.18. The molecule has 0 aliphatic carbocycles. The summed E-state index contributed by atoms with van der Waals surface area (Å²) in [5, 5.41) is 5.64. The van der Waals surface area contributed by atoms with Crippen molar-refractivity contribution >= 4 is 23.1 Å². The van der Waals surface area contributed by atoms with Crippen LogP contribution in [0.2, 0.25) is 0 Å². The number of amides is 1. The van der Waals surface area contributed by atoms with Crippen LogP contribution in [0, 0.1) is 5.92 Å². The summed E-state index contributed by atoms with van der Waals surface area (Å²) >= 11 is 0. The van der Waals surface area contributed by atoms with E-state index in [4.69, 9.17) is 0 Å². The van der Waals surface area contributed by atoms with Crippen LogP contribution in [0.15, 0.2) is 72.0 Å². The number of alkyl halides is 2. The summed E-state index contributed by atoms with van der Waals surface area (Å²) in [6.07, 6.45) is 3.15. The largest absolute Gasteiger partial charge is 0.298 e. The number of halogens is 2. The molecule has 2 heterocycles. The fourth-order valence-corrected chi connectivity index (χ4v) is 4.49. The molecule has 2 aromatic carbocycles. The molecule has 1 aliphatic heterocycles. The Bertz CT molecular complexity index is 1320. The van der Waals surface area contributed by atoms with Crippen LogP contribution < -0.4 is 5.01 Å². The van der Waals surface area contributed by atoms with Gasteiger partial charge in [-0.2, -0.15) is 10.1 Å². The molecule has 0 saturated heterocycles. The van der Waals surface area contributed by atoms with E-state index < -0.39 is 17.7 Å². The van der Waals surface area contributed by atoms with Crippen LogP contribution in [0.5, 0.6) is 0 Å². The first-order valence-electron chi connectivity index (χ1n) is 12.2. The molecule has 0 bridgehead atoms. The van der Waals surface area contributed by atoms with Gasteiger partial charge in [0, 0.05) is 30.2 Å². The highest BCUT2D eigenvalue weighted by Gasteiger charge is 2.39. The van der Waals surface area contributed by atoms with Crippen molar-refractivity contribution in [2.75, 3.05) is 5.01 Å². The second-order valence-corrected chi connectivity index (χ2v) is 9.04. The molecule has 0 N–H and O–H groups in total. The molecule has 0 radical (unpaired) electrons. The molecular formula is C29H29F2N3O2. The van der Waals surface area contributed by atoms with E-state index in [9.17, 15) is 18.4 Å². The summed E-state index contributed by atoms with van der Waals surface area (Å²) in [5.41, 5.74) is 4.08. The van der Waals surface area contributed by atoms with Crippen molar-refractivity contribution in [1.29, 1.82) is 0 Å². The summed E-state index contributed by atoms with van der Waals surface area (Å²) in [5.74, 6) is -4.83. The van der Waals surface area contributed by atoms with E-state index in [1.807, 2.05) is 30.3 Å². The van der Waals surface area contributed by atoms with Crippen LogP contribution in [-0.4, -0.2) is 22.4 Å². The molecule has 3 aromatic rings. The molecule has 1 aromatic heterocycles. The van der Waals surface area contributed by atoms with E-state index in [0.717, 1.165) is 29.7 Å². The number of hydrogen-bond donors (Lipinski definition) is 0. The van der Waals surface area contributed by atoms with Gasteiger partial charge < -0.3 is 0 Å². The number of nitrogens with zero attached hydrogens (tertiary/aromatic N) is 3. The Morgan fingerprint density at radius 2 is 1.83 bits per heavy atom. The topological polar surface area (TPSA) is 62.6 Å². The predicted molar refractivity (Wildman–Crippen MR) is 137 cm³/mol. The number of carbonyl (C=O) groups is 2. The fourth-order valence-electron chi connectivity index (χ4n) is 4.49. The third-order valence-corrected chi connectivity index (χ3v) is 6.40. The number of hydrazone groups is 1. The summed E-state index contributed by atoms with van der Waals surface area (Å²) in [7, 11) is 0. The maximum Gasteiger partial charge on any atom is 0.273 e. The molecule has 1 aliphatic rings. The zero-order valence-electron chi connectivity index (χ0n) is 20.7. The second kappa shape index (κ2) is 10.5. The summed E-state index contributed by atoms with van der Waals surface area (Å²) in [4.78, 5) is 31.0. The molecule has 0 fully saturated rings. The van der Waals surface area contributed by atoms with Crippen LogP contribution in [-0.2, 0) is 28.4 Å². The first-order chi connectivity index (χ1) is 17.2. The SMILES string of the molecule is CCCc1cccnc1-c1cccc(N2N=C(C)C(C(=O)Cc3cccc(C(F)(F)CC)c3)C2=O)c1. The van der Waals surface area contributed by atoms with Crippen LogP contribution >= 0.6 is 0 Å². The first kappa shape index (κ1) is 25.4. The average molecular weight is 490 g/mol. The van der Waals surface area contributed by atoms with Gasteiger partial charge in [0.1, 0.15) is 5.92 Å². The highest BCUT2D eigenvalue weighted by molar-refractivity contribution is 6.27. The Hall–Kier alpha value is -3.74. The number of aromatic nitrogens is 1. The Kier molecular flexibility index (Phi) is 7.38. The number of ketones is 1. The van der Waals surface area contributed by atoms with Crippen LogP contribution in [0.3, 0.4) is 0 Å². The molecule has 1 atom stereocenters. The lowest BCUT2D eigenvalue weighted by molar-refractivity contribution is -0.128. The smallest absolute Gasteiger partial charge is 0.273 e. The molecular weight excluding hydrogens is 460 g/mol. The van der Waals surface area contributed by atoms with Gasteiger partial charge in [-0.1, -0.05) is 56.7 Å². The van der Waals surface area contributed by atoms with Gasteiger partial charge in [-0.05, 0) is 48.7 Å². The molecule has 4 rings (SSSR count). The van der Waals surface area contributed by atoms with E-state index in [1.54, 1.807) is 25.3 Å². The summed E-state index contributed by atoms with van der Waals surface area (Å²) in [6.45, 7) is 5.16. The van der Waals surface area contributed by atoms with Crippen molar-refractivity contribution < 1.29 is 18.4 Å². The fraction of sp³-hybridized carbons (Fsp3) is 0.310. The van der Waals surface area contributed by atoms with Crippen LogP contribution in [0.25, 0.3) is 11.3 Å². The van der Waals surface area contributed by atoms with Crippen molar-refractivity contribution in [3.63, 3.8) is 0 Å². The maximum absolute atomic E-state index is 14.1. The summed E-state index contributed by atoms with van der Waals surface area (Å²) < 4.78 is 28.2. The highest BCUT2D eigenvalue weighted by atomic mass is 19.3.